The summed E-state index contributed by atoms with van der Waals surface area (Å²) in [5.41, 5.74) is 0. The summed E-state index contributed by atoms with van der Waals surface area (Å²) in [7, 11) is -3.81. The molecule has 0 saturated carbocycles. The molecule has 0 heterocycles. The van der Waals surface area contributed by atoms with Crippen LogP contribution in [0.5, 0.6) is 0 Å². The molecule has 0 aliphatic carbocycles. The lowest BCUT2D eigenvalue weighted by molar-refractivity contribution is -0.149. The number of hydrogen-bond acceptors (Lipinski definition) is 8. The minimum atomic E-state index is -3.81. The fraction of sp³-hybridized carbons (Fsp3) is 0.714. The Bertz CT molecular complexity index is 264. The normalized spacial score (nSPS) is 10.9. The van der Waals surface area contributed by atoms with Gasteiger partial charge in [0.1, 0.15) is 6.35 Å². The third-order valence-electron chi connectivity index (χ3n) is 1.20. The first-order valence-electron chi connectivity index (χ1n) is 4.15. The van der Waals surface area contributed by atoms with Gasteiger partial charge >= 0.3 is 19.5 Å². The molecule has 0 aliphatic heterocycles. The van der Waals surface area contributed by atoms with E-state index in [0.717, 1.165) is 13.8 Å². The number of carbonyl (C=O) groups is 2. The molecule has 0 unspecified atom stereocenters. The summed E-state index contributed by atoms with van der Waals surface area (Å²) in [6.07, 6.45) is -0.921. The number of aliphatic hydroxyl groups excluding tert-OH is 1. The van der Waals surface area contributed by atoms with Gasteiger partial charge in [-0.1, -0.05) is 0 Å². The number of rotatable bonds is 7. The van der Waals surface area contributed by atoms with Crippen molar-refractivity contribution in [2.75, 3.05) is 19.9 Å². The Morgan fingerprint density at radius 1 is 1.06 bits per heavy atom. The molecular formula is C7H13O8P. The molecule has 0 aromatic heterocycles. The minimum Gasteiger partial charge on any atom is -0.438 e. The lowest BCUT2D eigenvalue weighted by Gasteiger charge is -2.15. The molecule has 0 amide bonds. The Balaban J connectivity index is 3.95. The summed E-state index contributed by atoms with van der Waals surface area (Å²) in [6.45, 7) is 1.03. The van der Waals surface area contributed by atoms with E-state index in [1.54, 1.807) is 0 Å². The molecule has 0 aromatic rings. The number of aliphatic hydroxyl groups is 1. The fourth-order valence-electron chi connectivity index (χ4n) is 0.498. The molecule has 8 nitrogen and oxygen atoms in total. The first kappa shape index (κ1) is 15.0. The van der Waals surface area contributed by atoms with Gasteiger partial charge in [-0.2, -0.15) is 0 Å². The third-order valence-corrected chi connectivity index (χ3v) is 2.54. The molecular weight excluding hydrogens is 243 g/mol. The predicted octanol–water partition coefficient (Wildman–Crippen LogP) is 0.204. The van der Waals surface area contributed by atoms with Crippen molar-refractivity contribution in [1.82, 2.24) is 0 Å². The Morgan fingerprint density at radius 2 is 1.44 bits per heavy atom. The largest absolute Gasteiger partial charge is 0.438 e. The maximum atomic E-state index is 11.5. The van der Waals surface area contributed by atoms with E-state index in [2.05, 4.69) is 18.5 Å². The van der Waals surface area contributed by atoms with Gasteiger partial charge in [0, 0.05) is 13.8 Å². The highest BCUT2D eigenvalue weighted by Crippen LogP contribution is 2.46. The molecule has 0 spiro atoms. The van der Waals surface area contributed by atoms with Crippen LogP contribution in [0.3, 0.4) is 0 Å². The lowest BCUT2D eigenvalue weighted by Crippen LogP contribution is -2.09. The zero-order chi connectivity index (χ0) is 12.6. The molecule has 0 radical (unpaired) electrons. The van der Waals surface area contributed by atoms with Gasteiger partial charge in [-0.05, 0) is 0 Å². The quantitative estimate of drug-likeness (QED) is 0.391. The summed E-state index contributed by atoms with van der Waals surface area (Å²) in [5.74, 6) is -1.27. The van der Waals surface area contributed by atoms with E-state index in [1.807, 2.05) is 0 Å². The number of hydrogen-bond donors (Lipinski definition) is 1. The summed E-state index contributed by atoms with van der Waals surface area (Å²) >= 11 is 0. The van der Waals surface area contributed by atoms with Crippen LogP contribution in [0.4, 0.5) is 0 Å². The second-order valence-corrected chi connectivity index (χ2v) is 4.54. The molecule has 1 N–H and O–H groups in total. The van der Waals surface area contributed by atoms with Crippen LogP contribution < -0.4 is 0 Å². The van der Waals surface area contributed by atoms with Gasteiger partial charge in [0.05, 0.1) is 0 Å². The van der Waals surface area contributed by atoms with Gasteiger partial charge in [-0.15, -0.1) is 0 Å². The van der Waals surface area contributed by atoms with Crippen molar-refractivity contribution >= 4 is 19.5 Å². The van der Waals surface area contributed by atoms with Crippen LogP contribution in [0.15, 0.2) is 0 Å². The Labute approximate surface area is 92.0 Å². The molecule has 94 valence electrons. The average Bonchev–Trinajstić information content (AvgIpc) is 2.16. The molecule has 0 saturated heterocycles. The van der Waals surface area contributed by atoms with Crippen molar-refractivity contribution in [3.63, 3.8) is 0 Å². The monoisotopic (exact) mass is 256 g/mol. The molecule has 0 atom stereocenters. The van der Waals surface area contributed by atoms with Crippen molar-refractivity contribution in [3.05, 3.63) is 0 Å². The second kappa shape index (κ2) is 7.34. The van der Waals surface area contributed by atoms with Crippen LogP contribution in [0, 0.1) is 0 Å². The molecule has 9 heteroatoms. The van der Waals surface area contributed by atoms with E-state index < -0.39 is 39.5 Å². The Morgan fingerprint density at radius 3 is 1.69 bits per heavy atom. The summed E-state index contributed by atoms with van der Waals surface area (Å²) in [5, 5.41) is 8.72. The zero-order valence-electron chi connectivity index (χ0n) is 8.87. The average molecular weight is 256 g/mol. The maximum absolute atomic E-state index is 11.5. The smallest absolute Gasteiger partial charge is 0.361 e. The van der Waals surface area contributed by atoms with Gasteiger partial charge in [0.2, 0.25) is 13.6 Å². The molecule has 0 fully saturated rings. The summed E-state index contributed by atoms with van der Waals surface area (Å²) in [4.78, 5) is 20.7. The number of ether oxygens (including phenoxy) is 2. The van der Waals surface area contributed by atoms with Crippen molar-refractivity contribution in [2.24, 2.45) is 0 Å². The lowest BCUT2D eigenvalue weighted by atomic mass is 10.8. The van der Waals surface area contributed by atoms with Gasteiger partial charge in [0.25, 0.3) is 0 Å². The number of carbonyl (C=O) groups excluding carboxylic acids is 2. The maximum Gasteiger partial charge on any atom is 0.361 e. The molecule has 0 aromatic carbocycles. The van der Waals surface area contributed by atoms with Crippen molar-refractivity contribution in [3.8, 4) is 0 Å². The highest BCUT2D eigenvalue weighted by molar-refractivity contribution is 7.53. The molecule has 0 aliphatic rings. The zero-order valence-corrected chi connectivity index (χ0v) is 9.77. The van der Waals surface area contributed by atoms with Gasteiger partial charge in [-0.3, -0.25) is 23.2 Å². The first-order valence-corrected chi connectivity index (χ1v) is 5.88. The van der Waals surface area contributed by atoms with Crippen LogP contribution in [-0.2, 0) is 32.7 Å². The molecule has 0 bridgehead atoms. The van der Waals surface area contributed by atoms with E-state index in [9.17, 15) is 14.2 Å². The summed E-state index contributed by atoms with van der Waals surface area (Å²) in [6, 6.07) is 0. The van der Waals surface area contributed by atoms with Crippen LogP contribution in [0.25, 0.3) is 0 Å². The third kappa shape index (κ3) is 7.36. The SMILES string of the molecule is CC(=O)OCOP(=O)(CO)OCOC(C)=O. The predicted molar refractivity (Wildman–Crippen MR) is 50.1 cm³/mol. The van der Waals surface area contributed by atoms with Crippen LogP contribution in [0.2, 0.25) is 0 Å². The van der Waals surface area contributed by atoms with E-state index in [0.29, 0.717) is 0 Å². The van der Waals surface area contributed by atoms with Crippen molar-refractivity contribution in [2.45, 2.75) is 13.8 Å². The van der Waals surface area contributed by atoms with E-state index in [4.69, 9.17) is 5.11 Å². The number of esters is 2. The second-order valence-electron chi connectivity index (χ2n) is 2.52. The van der Waals surface area contributed by atoms with E-state index in [1.165, 1.54) is 0 Å². The van der Waals surface area contributed by atoms with Crippen LogP contribution in [0.1, 0.15) is 13.8 Å². The topological polar surface area (TPSA) is 108 Å². The molecule has 0 rings (SSSR count). The Kier molecular flexibility index (Phi) is 6.91. The van der Waals surface area contributed by atoms with E-state index in [-0.39, 0.29) is 0 Å². The van der Waals surface area contributed by atoms with E-state index >= 15 is 0 Å². The van der Waals surface area contributed by atoms with Gasteiger partial charge < -0.3 is 14.6 Å². The van der Waals surface area contributed by atoms with Gasteiger partial charge in [0.15, 0.2) is 0 Å². The van der Waals surface area contributed by atoms with Crippen molar-refractivity contribution < 1.29 is 37.8 Å². The van der Waals surface area contributed by atoms with Crippen LogP contribution in [-0.4, -0.2) is 37.0 Å². The fourth-order valence-corrected chi connectivity index (χ4v) is 1.16. The highest BCUT2D eigenvalue weighted by Gasteiger charge is 2.24. The summed E-state index contributed by atoms with van der Waals surface area (Å²) < 4.78 is 29.2. The van der Waals surface area contributed by atoms with Crippen molar-refractivity contribution in [1.29, 1.82) is 0 Å². The Hall–Kier alpha value is -0.950. The van der Waals surface area contributed by atoms with Gasteiger partial charge in [-0.25, -0.2) is 0 Å². The standard InChI is InChI=1S/C7H13O8P/c1-6(9)12-4-14-16(11,3-8)15-5-13-7(2)10/h8H,3-5H2,1-2H3. The first-order chi connectivity index (χ1) is 7.39. The van der Waals surface area contributed by atoms with Crippen LogP contribution >= 0.6 is 7.60 Å². The molecule has 16 heavy (non-hydrogen) atoms. The minimum absolute atomic E-state index is 0.618. The highest BCUT2D eigenvalue weighted by atomic mass is 31.2.